The molecule has 0 radical (unpaired) electrons. The monoisotopic (exact) mass is 421 g/mol. The predicted octanol–water partition coefficient (Wildman–Crippen LogP) is 3.97. The number of benzene rings is 1. The second-order valence-corrected chi connectivity index (χ2v) is 7.63. The van der Waals surface area contributed by atoms with Crippen LogP contribution < -0.4 is 10.2 Å². The number of hydrogen-bond acceptors (Lipinski definition) is 6. The number of thiocarbonyl (C=S) groups is 1. The van der Waals surface area contributed by atoms with Crippen LogP contribution in [0.3, 0.4) is 0 Å². The van der Waals surface area contributed by atoms with Gasteiger partial charge in [-0.25, -0.2) is 4.98 Å². The first kappa shape index (κ1) is 19.1. The quantitative estimate of drug-likeness (QED) is 0.390. The maximum atomic E-state index is 13.0. The zero-order valence-electron chi connectivity index (χ0n) is 15.3. The van der Waals surface area contributed by atoms with Crippen LogP contribution in [-0.2, 0) is 9.59 Å². The van der Waals surface area contributed by atoms with Gasteiger partial charge in [-0.2, -0.15) is 0 Å². The molecular weight excluding hydrogens is 406 g/mol. The van der Waals surface area contributed by atoms with Crippen molar-refractivity contribution in [1.29, 1.82) is 0 Å². The summed E-state index contributed by atoms with van der Waals surface area (Å²) in [6, 6.07) is 16.4. The van der Waals surface area contributed by atoms with Crippen molar-refractivity contribution in [2.45, 2.75) is 17.0 Å². The molecule has 1 aliphatic rings. The number of aromatic nitrogens is 1. The maximum Gasteiger partial charge on any atom is 0.270 e. The highest BCUT2D eigenvalue weighted by molar-refractivity contribution is 7.99. The molecule has 8 heteroatoms. The van der Waals surface area contributed by atoms with Gasteiger partial charge in [0.05, 0.1) is 5.69 Å². The Morgan fingerprint density at radius 3 is 2.62 bits per heavy atom. The van der Waals surface area contributed by atoms with Crippen molar-refractivity contribution in [2.75, 3.05) is 4.90 Å². The van der Waals surface area contributed by atoms with Gasteiger partial charge >= 0.3 is 0 Å². The molecule has 3 heterocycles. The first-order valence-corrected chi connectivity index (χ1v) is 9.90. The molecule has 29 heavy (non-hydrogen) atoms. The lowest BCUT2D eigenvalue weighted by Crippen LogP contribution is -2.54. The summed E-state index contributed by atoms with van der Waals surface area (Å²) in [5, 5.41) is 3.99. The summed E-state index contributed by atoms with van der Waals surface area (Å²) >= 11 is 6.55. The molecule has 4 rings (SSSR count). The molecule has 144 valence electrons. The van der Waals surface area contributed by atoms with Gasteiger partial charge < -0.3 is 4.42 Å². The normalized spacial score (nSPS) is 15.7. The predicted molar refractivity (Wildman–Crippen MR) is 114 cm³/mol. The van der Waals surface area contributed by atoms with E-state index >= 15 is 0 Å². The van der Waals surface area contributed by atoms with Crippen molar-refractivity contribution < 1.29 is 14.0 Å². The Morgan fingerprint density at radius 2 is 1.90 bits per heavy atom. The summed E-state index contributed by atoms with van der Waals surface area (Å²) in [5.41, 5.74) is 1.59. The fraction of sp³-hybridized carbons (Fsp3) is 0.0476. The molecule has 0 aliphatic carbocycles. The van der Waals surface area contributed by atoms with Gasteiger partial charge in [-0.3, -0.25) is 19.8 Å². The lowest BCUT2D eigenvalue weighted by molar-refractivity contribution is -0.122. The van der Waals surface area contributed by atoms with Crippen LogP contribution in [0, 0.1) is 6.92 Å². The van der Waals surface area contributed by atoms with Crippen LogP contribution in [0.15, 0.2) is 80.9 Å². The Hall–Kier alpha value is -3.23. The molecule has 1 N–H and O–H groups in total. The number of hydrogen-bond donors (Lipinski definition) is 1. The SMILES string of the molecule is Cc1ccc(N2C(=O)/C(=C/c3ccc(Sc4ccccn4)o3)C(=O)NC2=S)cc1. The largest absolute Gasteiger partial charge is 0.450 e. The van der Waals surface area contributed by atoms with Gasteiger partial charge in [-0.05, 0) is 73.4 Å². The molecule has 2 aromatic heterocycles. The molecule has 0 unspecified atom stereocenters. The van der Waals surface area contributed by atoms with E-state index in [2.05, 4.69) is 10.3 Å². The van der Waals surface area contributed by atoms with Crippen LogP contribution in [-0.4, -0.2) is 21.9 Å². The van der Waals surface area contributed by atoms with Crippen molar-refractivity contribution in [3.63, 3.8) is 0 Å². The van der Waals surface area contributed by atoms with E-state index in [-0.39, 0.29) is 10.7 Å². The van der Waals surface area contributed by atoms with E-state index < -0.39 is 11.8 Å². The number of pyridine rings is 1. The average Bonchev–Trinajstić information content (AvgIpc) is 3.14. The molecule has 1 aliphatic heterocycles. The van der Waals surface area contributed by atoms with Gasteiger partial charge in [-0.15, -0.1) is 0 Å². The number of furan rings is 1. The summed E-state index contributed by atoms with van der Waals surface area (Å²) in [6.45, 7) is 1.95. The van der Waals surface area contributed by atoms with Crippen molar-refractivity contribution in [3.05, 3.63) is 77.7 Å². The molecule has 0 atom stereocenters. The molecule has 1 saturated heterocycles. The third kappa shape index (κ3) is 4.13. The Kier molecular flexibility index (Phi) is 5.28. The van der Waals surface area contributed by atoms with Gasteiger partial charge in [0.1, 0.15) is 16.4 Å². The Balaban J connectivity index is 1.60. The number of amides is 2. The number of nitrogens with zero attached hydrogens (tertiary/aromatic N) is 2. The smallest absolute Gasteiger partial charge is 0.270 e. The number of carbonyl (C=O) groups is 2. The van der Waals surface area contributed by atoms with Gasteiger partial charge in [0.15, 0.2) is 10.2 Å². The molecule has 1 fully saturated rings. The number of nitrogens with one attached hydrogen (secondary N) is 1. The van der Waals surface area contributed by atoms with Crippen molar-refractivity contribution >= 4 is 52.7 Å². The Bertz CT molecular complexity index is 1120. The topological polar surface area (TPSA) is 75.4 Å². The molecule has 0 saturated carbocycles. The summed E-state index contributed by atoms with van der Waals surface area (Å²) < 4.78 is 5.73. The van der Waals surface area contributed by atoms with Crippen LogP contribution in [0.1, 0.15) is 11.3 Å². The summed E-state index contributed by atoms with van der Waals surface area (Å²) in [5.74, 6) is -0.671. The molecule has 3 aromatic rings. The van der Waals surface area contributed by atoms with E-state index in [1.165, 1.54) is 22.7 Å². The Morgan fingerprint density at radius 1 is 1.10 bits per heavy atom. The Labute approximate surface area is 176 Å². The second-order valence-electron chi connectivity index (χ2n) is 6.22. The van der Waals surface area contributed by atoms with Gasteiger partial charge in [0.25, 0.3) is 11.8 Å². The number of rotatable bonds is 4. The maximum absolute atomic E-state index is 13.0. The minimum atomic E-state index is -0.557. The highest BCUT2D eigenvalue weighted by atomic mass is 32.2. The molecule has 1 aromatic carbocycles. The second kappa shape index (κ2) is 8.02. The highest BCUT2D eigenvalue weighted by Crippen LogP contribution is 2.29. The summed E-state index contributed by atoms with van der Waals surface area (Å²) in [7, 11) is 0. The highest BCUT2D eigenvalue weighted by Gasteiger charge is 2.34. The lowest BCUT2D eigenvalue weighted by Gasteiger charge is -2.28. The zero-order chi connectivity index (χ0) is 20.4. The minimum Gasteiger partial charge on any atom is -0.450 e. The third-order valence-electron chi connectivity index (χ3n) is 4.13. The number of carbonyl (C=O) groups excluding carboxylic acids is 2. The standard InChI is InChI=1S/C21H15N3O3S2/c1-13-5-7-14(8-6-13)24-20(26)16(19(25)23-21(24)28)12-15-9-10-18(27-15)29-17-4-2-3-11-22-17/h2-12H,1H3,(H,23,25,28)/b16-12+. The molecule has 0 bridgehead atoms. The fourth-order valence-corrected chi connectivity index (χ4v) is 3.73. The van der Waals surface area contributed by atoms with E-state index in [0.29, 0.717) is 16.5 Å². The molecule has 0 spiro atoms. The average molecular weight is 422 g/mol. The van der Waals surface area contributed by atoms with E-state index in [4.69, 9.17) is 16.6 Å². The lowest BCUT2D eigenvalue weighted by atomic mass is 10.1. The van der Waals surface area contributed by atoms with E-state index in [0.717, 1.165) is 10.6 Å². The van der Waals surface area contributed by atoms with Crippen LogP contribution in [0.2, 0.25) is 0 Å². The van der Waals surface area contributed by atoms with E-state index in [9.17, 15) is 9.59 Å². The molecule has 2 amide bonds. The van der Waals surface area contributed by atoms with Gasteiger partial charge in [0.2, 0.25) is 0 Å². The fourth-order valence-electron chi connectivity index (χ4n) is 2.71. The van der Waals surface area contributed by atoms with Gasteiger partial charge in [0, 0.05) is 6.20 Å². The summed E-state index contributed by atoms with van der Waals surface area (Å²) in [6.07, 6.45) is 3.12. The molecular formula is C21H15N3O3S2. The number of anilines is 1. The first-order chi connectivity index (χ1) is 14.0. The number of aryl methyl sites for hydroxylation is 1. The van der Waals surface area contributed by atoms with Crippen LogP contribution >= 0.6 is 24.0 Å². The van der Waals surface area contributed by atoms with Crippen LogP contribution in [0.4, 0.5) is 5.69 Å². The summed E-state index contributed by atoms with van der Waals surface area (Å²) in [4.78, 5) is 30.9. The third-order valence-corrected chi connectivity index (χ3v) is 5.28. The zero-order valence-corrected chi connectivity index (χ0v) is 16.9. The minimum absolute atomic E-state index is 0.0480. The van der Waals surface area contributed by atoms with E-state index in [1.807, 2.05) is 37.3 Å². The van der Waals surface area contributed by atoms with Gasteiger partial charge in [-0.1, -0.05) is 23.8 Å². The van der Waals surface area contributed by atoms with Crippen molar-refractivity contribution in [3.8, 4) is 0 Å². The van der Waals surface area contributed by atoms with Crippen LogP contribution in [0.25, 0.3) is 6.08 Å². The van der Waals surface area contributed by atoms with Crippen LogP contribution in [0.5, 0.6) is 0 Å². The first-order valence-electron chi connectivity index (χ1n) is 8.68. The van der Waals surface area contributed by atoms with Crippen molar-refractivity contribution in [1.82, 2.24) is 10.3 Å². The van der Waals surface area contributed by atoms with E-state index in [1.54, 1.807) is 30.5 Å². The molecule has 6 nitrogen and oxygen atoms in total. The van der Waals surface area contributed by atoms with Crippen molar-refractivity contribution in [2.24, 2.45) is 0 Å².